The molecule has 31 heavy (non-hydrogen) atoms. The van der Waals surface area contributed by atoms with E-state index in [0.717, 1.165) is 6.42 Å². The van der Waals surface area contributed by atoms with E-state index < -0.39 is 47.9 Å². The van der Waals surface area contributed by atoms with E-state index in [1.165, 1.54) is 0 Å². The van der Waals surface area contributed by atoms with Gasteiger partial charge < -0.3 is 49.1 Å². The van der Waals surface area contributed by atoms with Crippen molar-refractivity contribution in [3.05, 3.63) is 0 Å². The molecule has 0 aromatic rings. The molecule has 0 aliphatic heterocycles. The lowest BCUT2D eigenvalue weighted by molar-refractivity contribution is -0.140. The second kappa shape index (κ2) is 20.5. The first-order valence-electron chi connectivity index (χ1n) is 9.11. The number of amides is 1. The highest BCUT2D eigenvalue weighted by Crippen LogP contribution is 2.04. The maximum Gasteiger partial charge on any atom is 0.321 e. The smallest absolute Gasteiger partial charge is 0.321 e. The normalized spacial score (nSPS) is 13.3. The van der Waals surface area contributed by atoms with Crippen LogP contribution in [0.1, 0.15) is 40.5 Å². The predicted molar refractivity (Wildman–Crippen MR) is 112 cm³/mol. The van der Waals surface area contributed by atoms with Crippen LogP contribution in [0.15, 0.2) is 0 Å². The van der Waals surface area contributed by atoms with E-state index in [1.807, 2.05) is 13.8 Å². The molecule has 0 spiro atoms. The lowest BCUT2D eigenvalue weighted by Crippen LogP contribution is -2.36. The zero-order valence-corrected chi connectivity index (χ0v) is 18.2. The molecule has 0 saturated carbocycles. The molecule has 0 saturated heterocycles. The summed E-state index contributed by atoms with van der Waals surface area (Å²) in [6.07, 6.45) is 0.503. The average molecular weight is 456 g/mol. The van der Waals surface area contributed by atoms with Crippen LogP contribution in [0.5, 0.6) is 0 Å². The Morgan fingerprint density at radius 2 is 1.13 bits per heavy atom. The predicted octanol–water partition coefficient (Wildman–Crippen LogP) is -2.20. The number of primary amides is 1. The monoisotopic (exact) mass is 455 g/mol. The van der Waals surface area contributed by atoms with Crippen LogP contribution in [0.2, 0.25) is 0 Å². The Morgan fingerprint density at radius 3 is 1.19 bits per heavy atom. The number of hydrogen-bond acceptors (Lipinski definition) is 9. The molecule has 184 valence electrons. The standard InChI is InChI=1S/C6H13NO2.C5H11NO2.C4H8N2O3.C2H5NO2/c1-3-4(2)5(7)6(8)9;1-3(2)4(6)5(7)8;5-2(4(8)9)1-3(6)7;3-1-2(4)5/h4-5H,3,7H2,1-2H3,(H,8,9);3-4H,6H2,1-2H3,(H,7,8);2H,1,5H2,(H2,6,7)(H,8,9);1,3H2,(H,4,5)/t4-,5-;4-;2-;/m000./s1. The molecule has 0 fully saturated rings. The highest BCUT2D eigenvalue weighted by molar-refractivity contribution is 5.83. The Morgan fingerprint density at radius 1 is 0.774 bits per heavy atom. The minimum Gasteiger partial charge on any atom is -0.480 e. The van der Waals surface area contributed by atoms with Crippen molar-refractivity contribution >= 4 is 29.8 Å². The summed E-state index contributed by atoms with van der Waals surface area (Å²) in [5.74, 6) is -4.64. The molecule has 1 amide bonds. The molecule has 14 heteroatoms. The zero-order chi connectivity index (χ0) is 25.9. The zero-order valence-electron chi connectivity index (χ0n) is 18.2. The summed E-state index contributed by atoms with van der Waals surface area (Å²) in [5.41, 5.74) is 24.6. The van der Waals surface area contributed by atoms with Gasteiger partial charge in [0, 0.05) is 0 Å². The fraction of sp³-hybridized carbons (Fsp3) is 0.706. The van der Waals surface area contributed by atoms with Gasteiger partial charge in [-0.2, -0.15) is 0 Å². The van der Waals surface area contributed by atoms with Gasteiger partial charge in [0.1, 0.15) is 18.1 Å². The van der Waals surface area contributed by atoms with Crippen molar-refractivity contribution in [2.24, 2.45) is 40.5 Å². The van der Waals surface area contributed by atoms with Gasteiger partial charge in [0.15, 0.2) is 0 Å². The van der Waals surface area contributed by atoms with E-state index in [1.54, 1.807) is 13.8 Å². The fourth-order valence-electron chi connectivity index (χ4n) is 1.09. The number of nitrogens with two attached hydrogens (primary N) is 5. The first-order chi connectivity index (χ1) is 14.0. The van der Waals surface area contributed by atoms with Gasteiger partial charge in [-0.1, -0.05) is 34.1 Å². The minimum atomic E-state index is -1.21. The van der Waals surface area contributed by atoms with Crippen LogP contribution in [0.25, 0.3) is 0 Å². The third-order valence-electron chi connectivity index (χ3n) is 3.46. The lowest BCUT2D eigenvalue weighted by Gasteiger charge is -2.11. The maximum atomic E-state index is 10.2. The molecule has 4 atom stereocenters. The minimum absolute atomic E-state index is 0.0208. The number of rotatable bonds is 9. The van der Waals surface area contributed by atoms with Gasteiger partial charge in [-0.15, -0.1) is 0 Å². The van der Waals surface area contributed by atoms with Gasteiger partial charge in [-0.05, 0) is 11.8 Å². The molecule has 0 bridgehead atoms. The van der Waals surface area contributed by atoms with E-state index in [2.05, 4.69) is 11.5 Å². The molecule has 0 rings (SSSR count). The number of carboxylic acids is 4. The SMILES string of the molecule is CC(C)[C@H](N)C(=O)O.CC[C@H](C)[C@H](N)C(=O)O.NC(=O)C[C@H](N)C(=O)O.NCC(=O)O. The van der Waals surface area contributed by atoms with Gasteiger partial charge in [0.2, 0.25) is 5.91 Å². The number of aliphatic carboxylic acids is 4. The molecule has 0 heterocycles. The summed E-state index contributed by atoms with van der Waals surface area (Å²) in [4.78, 5) is 49.3. The second-order valence-electron chi connectivity index (χ2n) is 6.57. The average Bonchev–Trinajstić information content (AvgIpc) is 2.66. The molecule has 0 aromatic carbocycles. The molecule has 0 aliphatic carbocycles. The summed E-state index contributed by atoms with van der Waals surface area (Å²) < 4.78 is 0. The molecule has 14 nitrogen and oxygen atoms in total. The number of carbonyl (C=O) groups is 5. The van der Waals surface area contributed by atoms with Crippen molar-refractivity contribution in [3.8, 4) is 0 Å². The molecule has 0 aromatic heterocycles. The largest absolute Gasteiger partial charge is 0.480 e. The van der Waals surface area contributed by atoms with Crippen molar-refractivity contribution in [1.29, 1.82) is 0 Å². The molecular weight excluding hydrogens is 418 g/mol. The van der Waals surface area contributed by atoms with E-state index >= 15 is 0 Å². The van der Waals surface area contributed by atoms with Crippen molar-refractivity contribution in [2.75, 3.05) is 6.54 Å². The summed E-state index contributed by atoms with van der Waals surface area (Å²) in [6, 6.07) is -2.58. The van der Waals surface area contributed by atoms with Gasteiger partial charge in [0.05, 0.1) is 13.0 Å². The maximum absolute atomic E-state index is 10.2. The lowest BCUT2D eigenvalue weighted by atomic mass is 10.0. The first-order valence-corrected chi connectivity index (χ1v) is 9.11. The second-order valence-corrected chi connectivity index (χ2v) is 6.57. The van der Waals surface area contributed by atoms with E-state index in [0.29, 0.717) is 0 Å². The van der Waals surface area contributed by atoms with Crippen molar-refractivity contribution in [2.45, 2.75) is 58.7 Å². The molecule has 0 unspecified atom stereocenters. The van der Waals surface area contributed by atoms with E-state index in [9.17, 15) is 24.0 Å². The molecule has 0 radical (unpaired) electrons. The van der Waals surface area contributed by atoms with Crippen molar-refractivity contribution < 1.29 is 44.4 Å². The van der Waals surface area contributed by atoms with Crippen LogP contribution in [0.4, 0.5) is 0 Å². The highest BCUT2D eigenvalue weighted by atomic mass is 16.4. The Kier molecular flexibility index (Phi) is 23.5. The van der Waals surface area contributed by atoms with Gasteiger partial charge in [-0.3, -0.25) is 24.0 Å². The Bertz CT molecular complexity index is 558. The number of carboxylic acid groups (broad SMARTS) is 4. The third kappa shape index (κ3) is 27.2. The molecule has 14 N–H and O–H groups in total. The number of carbonyl (C=O) groups excluding carboxylic acids is 1. The Balaban J connectivity index is -0.000000160. The van der Waals surface area contributed by atoms with Crippen LogP contribution >= 0.6 is 0 Å². The van der Waals surface area contributed by atoms with Crippen molar-refractivity contribution in [3.63, 3.8) is 0 Å². The summed E-state index contributed by atoms with van der Waals surface area (Å²) in [5, 5.41) is 32.3. The van der Waals surface area contributed by atoms with Crippen LogP contribution in [0.3, 0.4) is 0 Å². The summed E-state index contributed by atoms with van der Waals surface area (Å²) >= 11 is 0. The fourth-order valence-corrected chi connectivity index (χ4v) is 1.09. The highest BCUT2D eigenvalue weighted by Gasteiger charge is 2.17. The molecular formula is C17H37N5O9. The summed E-state index contributed by atoms with van der Waals surface area (Å²) in [6.45, 7) is 7.03. The summed E-state index contributed by atoms with van der Waals surface area (Å²) in [7, 11) is 0. The van der Waals surface area contributed by atoms with Crippen molar-refractivity contribution in [1.82, 2.24) is 0 Å². The van der Waals surface area contributed by atoms with Crippen LogP contribution < -0.4 is 28.7 Å². The molecule has 0 aliphatic rings. The first kappa shape index (κ1) is 35.6. The Hall–Kier alpha value is -2.81. The third-order valence-corrected chi connectivity index (χ3v) is 3.46. The number of hydrogen-bond donors (Lipinski definition) is 9. The van der Waals surface area contributed by atoms with E-state index in [4.69, 9.17) is 37.6 Å². The topological polar surface area (TPSA) is 296 Å². The van der Waals surface area contributed by atoms with Gasteiger partial charge >= 0.3 is 23.9 Å². The van der Waals surface area contributed by atoms with Crippen LogP contribution in [0, 0.1) is 11.8 Å². The van der Waals surface area contributed by atoms with Crippen LogP contribution in [-0.4, -0.2) is 74.9 Å². The van der Waals surface area contributed by atoms with E-state index in [-0.39, 0.29) is 24.8 Å². The Labute approximate surface area is 180 Å². The van der Waals surface area contributed by atoms with Gasteiger partial charge in [0.25, 0.3) is 0 Å². The quantitative estimate of drug-likeness (QED) is 0.178. The van der Waals surface area contributed by atoms with Gasteiger partial charge in [-0.25, -0.2) is 0 Å². The van der Waals surface area contributed by atoms with Crippen LogP contribution in [-0.2, 0) is 24.0 Å².